The van der Waals surface area contributed by atoms with E-state index in [9.17, 15) is 24.6 Å². The van der Waals surface area contributed by atoms with E-state index < -0.39 is 24.8 Å². The van der Waals surface area contributed by atoms with Crippen molar-refractivity contribution in [2.24, 2.45) is 17.8 Å². The Morgan fingerprint density at radius 3 is 1.88 bits per heavy atom. The van der Waals surface area contributed by atoms with E-state index in [1.165, 1.54) is 89.9 Å². The summed E-state index contributed by atoms with van der Waals surface area (Å²) in [5.74, 6) is 0.0184. The van der Waals surface area contributed by atoms with Gasteiger partial charge in [-0.05, 0) is 50.0 Å². The van der Waals surface area contributed by atoms with Gasteiger partial charge >= 0.3 is 11.9 Å². The molecule has 0 spiro atoms. The van der Waals surface area contributed by atoms with Gasteiger partial charge in [0.25, 0.3) is 0 Å². The summed E-state index contributed by atoms with van der Waals surface area (Å²) in [6.07, 6.45) is 38.3. The van der Waals surface area contributed by atoms with E-state index in [1.54, 1.807) is 12.2 Å². The van der Waals surface area contributed by atoms with Crippen LogP contribution in [0.2, 0.25) is 0 Å². The van der Waals surface area contributed by atoms with Gasteiger partial charge in [0.1, 0.15) is 6.61 Å². The minimum Gasteiger partial charge on any atom is -0.462 e. The van der Waals surface area contributed by atoms with Crippen molar-refractivity contribution in [1.29, 1.82) is 0 Å². The number of ether oxygens (including phenoxy) is 2. The minimum absolute atomic E-state index is 0.0720. The molecule has 0 bridgehead atoms. The van der Waals surface area contributed by atoms with E-state index in [1.807, 2.05) is 24.3 Å². The van der Waals surface area contributed by atoms with E-state index in [0.29, 0.717) is 25.7 Å². The van der Waals surface area contributed by atoms with Gasteiger partial charge in [-0.3, -0.25) is 14.4 Å². The fourth-order valence-corrected chi connectivity index (χ4v) is 6.73. The zero-order valence-corrected chi connectivity index (χ0v) is 33.6. The van der Waals surface area contributed by atoms with E-state index in [2.05, 4.69) is 20.8 Å². The SMILES string of the molecule is CCCCC[C@H](O)/C=C/[C@H]1C(=O)C=C[C@@H]1C/C=C\CCCC(=O)O[C@@H](CO)COC(=O)CCCCCCCCCCCCCCCCCCC(C)C. The number of hydrogen-bond donors (Lipinski definition) is 2. The van der Waals surface area contributed by atoms with Crippen LogP contribution in [0.4, 0.5) is 0 Å². The number of allylic oxidation sites excluding steroid dienone is 5. The molecule has 4 atom stereocenters. The molecule has 0 aromatic heterocycles. The van der Waals surface area contributed by atoms with Crippen LogP contribution in [0.1, 0.15) is 188 Å². The first-order valence-electron chi connectivity index (χ1n) is 21.5. The second-order valence-electron chi connectivity index (χ2n) is 15.6. The van der Waals surface area contributed by atoms with E-state index in [4.69, 9.17) is 9.47 Å². The van der Waals surface area contributed by atoms with Crippen molar-refractivity contribution in [3.05, 3.63) is 36.5 Å². The molecule has 0 unspecified atom stereocenters. The smallest absolute Gasteiger partial charge is 0.306 e. The summed E-state index contributed by atoms with van der Waals surface area (Å²) in [6, 6.07) is 0. The number of rotatable bonds is 35. The Hall–Kier alpha value is -2.25. The molecule has 0 aromatic carbocycles. The largest absolute Gasteiger partial charge is 0.462 e. The average molecular weight is 731 g/mol. The average Bonchev–Trinajstić information content (AvgIpc) is 3.48. The maximum Gasteiger partial charge on any atom is 0.306 e. The summed E-state index contributed by atoms with van der Waals surface area (Å²) in [6.45, 7) is 6.24. The number of aliphatic hydroxyl groups is 2. The molecule has 0 aliphatic heterocycles. The highest BCUT2D eigenvalue weighted by molar-refractivity contribution is 5.95. The van der Waals surface area contributed by atoms with Crippen LogP contribution in [0.5, 0.6) is 0 Å². The van der Waals surface area contributed by atoms with Crippen molar-refractivity contribution in [2.45, 2.75) is 200 Å². The van der Waals surface area contributed by atoms with Crippen molar-refractivity contribution in [3.8, 4) is 0 Å². The molecule has 1 aliphatic carbocycles. The van der Waals surface area contributed by atoms with Crippen molar-refractivity contribution >= 4 is 17.7 Å². The quantitative estimate of drug-likeness (QED) is 0.0379. The van der Waals surface area contributed by atoms with Crippen LogP contribution >= 0.6 is 0 Å². The number of carbonyl (C=O) groups is 3. The first kappa shape index (κ1) is 47.8. The third-order valence-electron chi connectivity index (χ3n) is 10.1. The second kappa shape index (κ2) is 33.3. The predicted octanol–water partition coefficient (Wildman–Crippen LogP) is 11.1. The Bertz CT molecular complexity index is 984. The molecule has 1 rings (SSSR count). The highest BCUT2D eigenvalue weighted by Gasteiger charge is 2.27. The van der Waals surface area contributed by atoms with Gasteiger partial charge in [-0.25, -0.2) is 0 Å². The second-order valence-corrected chi connectivity index (χ2v) is 15.6. The molecule has 1 aliphatic rings. The van der Waals surface area contributed by atoms with Crippen molar-refractivity contribution in [2.75, 3.05) is 13.2 Å². The van der Waals surface area contributed by atoms with Gasteiger partial charge in [0.15, 0.2) is 11.9 Å². The molecule has 7 nitrogen and oxygen atoms in total. The monoisotopic (exact) mass is 731 g/mol. The fraction of sp³-hybridized carbons (Fsp3) is 0.800. The maximum atomic E-state index is 12.3. The molecule has 52 heavy (non-hydrogen) atoms. The van der Waals surface area contributed by atoms with Crippen molar-refractivity contribution < 1.29 is 34.1 Å². The lowest BCUT2D eigenvalue weighted by Crippen LogP contribution is -2.28. The first-order chi connectivity index (χ1) is 25.3. The third kappa shape index (κ3) is 27.4. The molecule has 0 amide bonds. The number of unbranched alkanes of at least 4 members (excludes halogenated alkanes) is 18. The molecular weight excluding hydrogens is 652 g/mol. The number of esters is 2. The summed E-state index contributed by atoms with van der Waals surface area (Å²) in [4.78, 5) is 36.7. The fourth-order valence-electron chi connectivity index (χ4n) is 6.73. The van der Waals surface area contributed by atoms with Gasteiger partial charge < -0.3 is 19.7 Å². The van der Waals surface area contributed by atoms with Crippen LogP contribution in [0.15, 0.2) is 36.5 Å². The van der Waals surface area contributed by atoms with E-state index >= 15 is 0 Å². The molecule has 300 valence electrons. The van der Waals surface area contributed by atoms with Crippen LogP contribution in [0, 0.1) is 17.8 Å². The van der Waals surface area contributed by atoms with Crippen LogP contribution in [0.25, 0.3) is 0 Å². The van der Waals surface area contributed by atoms with Crippen molar-refractivity contribution in [3.63, 3.8) is 0 Å². The number of aliphatic hydroxyl groups excluding tert-OH is 2. The van der Waals surface area contributed by atoms with Gasteiger partial charge in [0, 0.05) is 18.8 Å². The van der Waals surface area contributed by atoms with Gasteiger partial charge in [0.2, 0.25) is 0 Å². The molecule has 0 saturated carbocycles. The van der Waals surface area contributed by atoms with Gasteiger partial charge in [-0.2, -0.15) is 0 Å². The lowest BCUT2D eigenvalue weighted by molar-refractivity contribution is -0.161. The minimum atomic E-state index is -0.849. The van der Waals surface area contributed by atoms with E-state index in [-0.39, 0.29) is 36.6 Å². The van der Waals surface area contributed by atoms with Crippen LogP contribution in [0.3, 0.4) is 0 Å². The lowest BCUT2D eigenvalue weighted by atomic mass is 9.90. The molecule has 7 heteroatoms. The summed E-state index contributed by atoms with van der Waals surface area (Å²) in [7, 11) is 0. The predicted molar refractivity (Wildman–Crippen MR) is 214 cm³/mol. The molecule has 0 aromatic rings. The van der Waals surface area contributed by atoms with Crippen LogP contribution < -0.4 is 0 Å². The van der Waals surface area contributed by atoms with Gasteiger partial charge in [-0.1, -0.05) is 173 Å². The zero-order valence-electron chi connectivity index (χ0n) is 33.6. The van der Waals surface area contributed by atoms with Crippen LogP contribution in [-0.4, -0.2) is 53.4 Å². The summed E-state index contributed by atoms with van der Waals surface area (Å²) >= 11 is 0. The molecule has 0 radical (unpaired) electrons. The van der Waals surface area contributed by atoms with Crippen LogP contribution in [-0.2, 0) is 23.9 Å². The molecule has 0 saturated heterocycles. The highest BCUT2D eigenvalue weighted by Crippen LogP contribution is 2.27. The van der Waals surface area contributed by atoms with Gasteiger partial charge in [0.05, 0.1) is 12.7 Å². The normalized spacial score (nSPS) is 17.2. The Labute approximate surface area is 318 Å². The Morgan fingerprint density at radius 2 is 1.31 bits per heavy atom. The van der Waals surface area contributed by atoms with E-state index in [0.717, 1.165) is 50.9 Å². The summed E-state index contributed by atoms with van der Waals surface area (Å²) in [5.41, 5.74) is 0. The topological polar surface area (TPSA) is 110 Å². The third-order valence-corrected chi connectivity index (χ3v) is 10.1. The highest BCUT2D eigenvalue weighted by atomic mass is 16.6. The maximum absolute atomic E-state index is 12.3. The summed E-state index contributed by atoms with van der Waals surface area (Å²) in [5, 5.41) is 19.8. The number of carbonyl (C=O) groups excluding carboxylic acids is 3. The standard InChI is InChI=1S/C45H78O7/c1-4-5-22-29-40(47)33-34-42-39(32-35-43(42)48)28-24-20-21-26-31-45(50)52-41(36-46)37-51-44(49)30-25-19-17-15-13-11-9-7-6-8-10-12-14-16-18-23-27-38(2)3/h20,24,32-35,38-42,46-47H,4-19,21-23,25-31,36-37H2,1-3H3/b24-20-,34-33+/t39-,40-,41-,42+/m0/s1. The molecule has 0 fully saturated rings. The molecular formula is C45H78O7. The Kier molecular flexibility index (Phi) is 30.6. The van der Waals surface area contributed by atoms with Gasteiger partial charge in [-0.15, -0.1) is 0 Å². The zero-order chi connectivity index (χ0) is 38.1. The van der Waals surface area contributed by atoms with Crippen molar-refractivity contribution in [1.82, 2.24) is 0 Å². The number of hydrogen-bond acceptors (Lipinski definition) is 7. The summed E-state index contributed by atoms with van der Waals surface area (Å²) < 4.78 is 10.6. The lowest BCUT2D eigenvalue weighted by Gasteiger charge is -2.15. The Balaban J connectivity index is 2.01. The Morgan fingerprint density at radius 1 is 0.750 bits per heavy atom. The number of ketones is 1. The first-order valence-corrected chi connectivity index (χ1v) is 21.5. The molecule has 0 heterocycles. The molecule has 2 N–H and O–H groups in total.